The first-order valence-electron chi connectivity index (χ1n) is 9.66. The average Bonchev–Trinajstić information content (AvgIpc) is 2.67. The fraction of sp³-hybridized carbons (Fsp3) is 0.417. The number of allylic oxidation sites excluding steroid dienone is 1. The molecule has 2 aromatic carbocycles. The highest BCUT2D eigenvalue weighted by atomic mass is 79.9. The molecule has 0 aromatic heterocycles. The minimum Gasteiger partial charge on any atom is -0.369 e. The summed E-state index contributed by atoms with van der Waals surface area (Å²) in [5.74, 6) is 1.01. The molecular weight excluding hydrogens is 384 g/mol. The van der Waals surface area contributed by atoms with Crippen molar-refractivity contribution < 1.29 is 4.74 Å². The first-order chi connectivity index (χ1) is 12.5. The summed E-state index contributed by atoms with van der Waals surface area (Å²) in [4.78, 5) is 0. The third kappa shape index (κ3) is 4.86. The number of hydrogen-bond acceptors (Lipinski definition) is 1. The zero-order chi connectivity index (χ0) is 18.5. The molecule has 1 heterocycles. The molecule has 1 fully saturated rings. The van der Waals surface area contributed by atoms with Crippen LogP contribution in [0.1, 0.15) is 50.8 Å². The molecule has 0 aliphatic carbocycles. The van der Waals surface area contributed by atoms with Crippen molar-refractivity contribution in [2.45, 2.75) is 52.2 Å². The third-order valence-electron chi connectivity index (χ3n) is 5.48. The van der Waals surface area contributed by atoms with Crippen LogP contribution in [0, 0.1) is 11.8 Å². The van der Waals surface area contributed by atoms with Gasteiger partial charge in [-0.15, -0.1) is 0 Å². The molecule has 0 unspecified atom stereocenters. The van der Waals surface area contributed by atoms with Gasteiger partial charge in [0.15, 0.2) is 0 Å². The van der Waals surface area contributed by atoms with Crippen molar-refractivity contribution in [1.82, 2.24) is 0 Å². The minimum atomic E-state index is 0.149. The quantitative estimate of drug-likeness (QED) is 0.474. The van der Waals surface area contributed by atoms with Gasteiger partial charge in [0.05, 0.1) is 12.2 Å². The Morgan fingerprint density at radius 2 is 1.77 bits per heavy atom. The summed E-state index contributed by atoms with van der Waals surface area (Å²) < 4.78 is 7.72. The Bertz CT molecular complexity index is 718. The van der Waals surface area contributed by atoms with Gasteiger partial charge in [0, 0.05) is 10.4 Å². The fourth-order valence-electron chi connectivity index (χ4n) is 3.81. The van der Waals surface area contributed by atoms with Crippen molar-refractivity contribution in [2.24, 2.45) is 11.8 Å². The second kappa shape index (κ2) is 9.01. The summed E-state index contributed by atoms with van der Waals surface area (Å²) in [6.45, 7) is 6.81. The van der Waals surface area contributed by atoms with E-state index in [9.17, 15) is 0 Å². The van der Waals surface area contributed by atoms with E-state index in [4.69, 9.17) is 4.74 Å². The predicted octanol–water partition coefficient (Wildman–Crippen LogP) is 7.13. The third-order valence-corrected chi connectivity index (χ3v) is 6.01. The number of rotatable bonds is 5. The molecule has 0 saturated carbocycles. The Morgan fingerprint density at radius 3 is 2.42 bits per heavy atom. The Hall–Kier alpha value is -1.38. The van der Waals surface area contributed by atoms with Crippen molar-refractivity contribution in [3.63, 3.8) is 0 Å². The maximum atomic E-state index is 6.60. The van der Waals surface area contributed by atoms with Gasteiger partial charge >= 0.3 is 0 Å². The Balaban J connectivity index is 1.81. The summed E-state index contributed by atoms with van der Waals surface area (Å²) >= 11 is 3.55. The highest BCUT2D eigenvalue weighted by Gasteiger charge is 2.34. The zero-order valence-corrected chi connectivity index (χ0v) is 17.6. The summed E-state index contributed by atoms with van der Waals surface area (Å²) in [5.41, 5.74) is 4.10. The van der Waals surface area contributed by atoms with Crippen molar-refractivity contribution in [2.75, 3.05) is 0 Å². The molecule has 2 aromatic rings. The van der Waals surface area contributed by atoms with Crippen LogP contribution in [0.25, 0.3) is 0 Å². The van der Waals surface area contributed by atoms with E-state index in [1.807, 2.05) is 0 Å². The molecule has 1 nitrogen and oxygen atoms in total. The minimum absolute atomic E-state index is 0.149. The van der Waals surface area contributed by atoms with Crippen LogP contribution in [0.5, 0.6) is 0 Å². The molecule has 3 rings (SSSR count). The van der Waals surface area contributed by atoms with Gasteiger partial charge in [0.2, 0.25) is 0 Å². The van der Waals surface area contributed by atoms with Gasteiger partial charge in [-0.25, -0.2) is 0 Å². The number of hydrogen-bond donors (Lipinski definition) is 0. The second-order valence-electron chi connectivity index (χ2n) is 7.71. The summed E-state index contributed by atoms with van der Waals surface area (Å²) in [5, 5.41) is 0. The SMILES string of the molecule is C/C(=C\Cc1ccccc1)[C@@H]1CC[C@@H](C(C)C)O[C@H]1c1ccc(Br)cc1. The Morgan fingerprint density at radius 1 is 1.08 bits per heavy atom. The van der Waals surface area contributed by atoms with Crippen LogP contribution in [0.2, 0.25) is 0 Å². The van der Waals surface area contributed by atoms with Crippen LogP contribution >= 0.6 is 15.9 Å². The van der Waals surface area contributed by atoms with Gasteiger partial charge < -0.3 is 4.74 Å². The standard InChI is InChI=1S/C24H29BrO/c1-17(2)23-16-15-22(18(3)9-10-19-7-5-4-6-8-19)24(26-23)20-11-13-21(25)14-12-20/h4-9,11-14,17,22-24H,10,15-16H2,1-3H3/b18-9+/t22-,23-,24-/m0/s1. The Kier molecular flexibility index (Phi) is 6.72. The lowest BCUT2D eigenvalue weighted by atomic mass is 9.80. The molecule has 3 atom stereocenters. The maximum absolute atomic E-state index is 6.60. The van der Waals surface area contributed by atoms with E-state index >= 15 is 0 Å². The summed E-state index contributed by atoms with van der Waals surface area (Å²) in [6.07, 6.45) is 6.22. The topological polar surface area (TPSA) is 9.23 Å². The molecule has 2 heteroatoms. The number of halogens is 1. The van der Waals surface area contributed by atoms with Crippen molar-refractivity contribution in [3.05, 3.63) is 81.8 Å². The van der Waals surface area contributed by atoms with Crippen LogP contribution in [0.15, 0.2) is 70.7 Å². The average molecular weight is 413 g/mol. The van der Waals surface area contributed by atoms with E-state index in [0.29, 0.717) is 17.9 Å². The molecular formula is C24H29BrO. The predicted molar refractivity (Wildman–Crippen MR) is 113 cm³/mol. The van der Waals surface area contributed by atoms with Gasteiger partial charge in [-0.1, -0.05) is 83.9 Å². The number of benzene rings is 2. The van der Waals surface area contributed by atoms with Gasteiger partial charge in [0.1, 0.15) is 0 Å². The van der Waals surface area contributed by atoms with E-state index in [-0.39, 0.29) is 6.10 Å². The molecule has 26 heavy (non-hydrogen) atoms. The Labute approximate surface area is 166 Å². The molecule has 0 spiro atoms. The van der Waals surface area contributed by atoms with Gasteiger partial charge in [-0.2, -0.15) is 0 Å². The van der Waals surface area contributed by atoms with Gasteiger partial charge in [-0.05, 0) is 55.4 Å². The first-order valence-corrected chi connectivity index (χ1v) is 10.5. The van der Waals surface area contributed by atoms with Crippen LogP contribution in [0.3, 0.4) is 0 Å². The van der Waals surface area contributed by atoms with Crippen molar-refractivity contribution in [1.29, 1.82) is 0 Å². The van der Waals surface area contributed by atoms with Gasteiger partial charge in [-0.3, -0.25) is 0 Å². The molecule has 0 bridgehead atoms. The highest BCUT2D eigenvalue weighted by molar-refractivity contribution is 9.10. The summed E-state index contributed by atoms with van der Waals surface area (Å²) in [7, 11) is 0. The van der Waals surface area contributed by atoms with Gasteiger partial charge in [0.25, 0.3) is 0 Å². The van der Waals surface area contributed by atoms with E-state index < -0.39 is 0 Å². The second-order valence-corrected chi connectivity index (χ2v) is 8.63. The monoisotopic (exact) mass is 412 g/mol. The first kappa shape index (κ1) is 19.4. The molecule has 0 amide bonds. The molecule has 138 valence electrons. The molecule has 0 N–H and O–H groups in total. The molecule has 1 aliphatic rings. The van der Waals surface area contributed by atoms with Crippen molar-refractivity contribution in [3.8, 4) is 0 Å². The summed E-state index contributed by atoms with van der Waals surface area (Å²) in [6, 6.07) is 19.3. The molecule has 0 radical (unpaired) electrons. The van der Waals surface area contributed by atoms with E-state index in [1.165, 1.54) is 23.1 Å². The van der Waals surface area contributed by atoms with E-state index in [1.54, 1.807) is 0 Å². The highest BCUT2D eigenvalue weighted by Crippen LogP contribution is 2.42. The lowest BCUT2D eigenvalue weighted by molar-refractivity contribution is -0.0952. The maximum Gasteiger partial charge on any atom is 0.0893 e. The normalized spacial score (nSPS) is 24.0. The largest absolute Gasteiger partial charge is 0.369 e. The lowest BCUT2D eigenvalue weighted by Gasteiger charge is -2.39. The van der Waals surface area contributed by atoms with E-state index in [0.717, 1.165) is 17.3 Å². The lowest BCUT2D eigenvalue weighted by Crippen LogP contribution is -2.33. The van der Waals surface area contributed by atoms with Crippen LogP contribution < -0.4 is 0 Å². The van der Waals surface area contributed by atoms with Crippen molar-refractivity contribution >= 4 is 15.9 Å². The number of ether oxygens (including phenoxy) is 1. The van der Waals surface area contributed by atoms with Crippen LogP contribution in [-0.4, -0.2) is 6.10 Å². The molecule has 1 saturated heterocycles. The zero-order valence-electron chi connectivity index (χ0n) is 16.0. The van der Waals surface area contributed by atoms with E-state index in [2.05, 4.69) is 97.4 Å². The molecule has 1 aliphatic heterocycles. The van der Waals surface area contributed by atoms with Crippen LogP contribution in [0.4, 0.5) is 0 Å². The fourth-order valence-corrected chi connectivity index (χ4v) is 4.08. The smallest absolute Gasteiger partial charge is 0.0893 e. The van der Waals surface area contributed by atoms with Crippen LogP contribution in [-0.2, 0) is 11.2 Å².